The van der Waals surface area contributed by atoms with E-state index in [4.69, 9.17) is 4.74 Å². The van der Waals surface area contributed by atoms with Crippen molar-refractivity contribution in [2.75, 3.05) is 11.9 Å². The monoisotopic (exact) mass is 350 g/mol. The number of aromatic nitrogens is 1. The highest BCUT2D eigenvalue weighted by Crippen LogP contribution is 2.48. The van der Waals surface area contributed by atoms with Gasteiger partial charge in [-0.3, -0.25) is 9.59 Å². The van der Waals surface area contributed by atoms with Gasteiger partial charge in [0.15, 0.2) is 5.13 Å². The zero-order valence-corrected chi connectivity index (χ0v) is 14.1. The zero-order chi connectivity index (χ0) is 17.4. The summed E-state index contributed by atoms with van der Waals surface area (Å²) in [6, 6.07) is 0. The number of hydrogen-bond acceptors (Lipinski definition) is 6. The summed E-state index contributed by atoms with van der Waals surface area (Å²) in [4.78, 5) is 40.4. The van der Waals surface area contributed by atoms with Crippen LogP contribution in [0.25, 0.3) is 0 Å². The molecule has 0 aromatic carbocycles. The number of fused-ring (bicyclic) bond motifs is 2. The van der Waals surface area contributed by atoms with Crippen LogP contribution in [0.4, 0.5) is 5.13 Å². The van der Waals surface area contributed by atoms with E-state index in [9.17, 15) is 19.5 Å². The van der Waals surface area contributed by atoms with E-state index in [0.717, 1.165) is 11.3 Å². The molecule has 128 valence electrons. The van der Waals surface area contributed by atoms with Gasteiger partial charge in [-0.25, -0.2) is 9.78 Å². The maximum atomic E-state index is 12.6. The fourth-order valence-electron chi connectivity index (χ4n) is 3.54. The summed E-state index contributed by atoms with van der Waals surface area (Å²) in [5.41, 5.74) is 0.483. The first-order valence-corrected chi connectivity index (χ1v) is 8.60. The Morgan fingerprint density at radius 2 is 2.00 bits per heavy atom. The second-order valence-corrected chi connectivity index (χ2v) is 6.98. The summed E-state index contributed by atoms with van der Waals surface area (Å²) in [5.74, 6) is -3.23. The summed E-state index contributed by atoms with van der Waals surface area (Å²) in [6.07, 6.45) is 4.51. The van der Waals surface area contributed by atoms with Crippen LogP contribution in [0.2, 0.25) is 0 Å². The molecule has 1 saturated carbocycles. The molecule has 8 heteroatoms. The van der Waals surface area contributed by atoms with Gasteiger partial charge in [0, 0.05) is 0 Å². The highest BCUT2D eigenvalue weighted by atomic mass is 32.1. The molecule has 3 rings (SSSR count). The molecule has 1 amide bonds. The highest BCUT2D eigenvalue weighted by Gasteiger charge is 2.51. The minimum absolute atomic E-state index is 0.0540. The number of carboxylic acid groups (broad SMARTS) is 1. The van der Waals surface area contributed by atoms with Gasteiger partial charge in [-0.2, -0.15) is 0 Å². The number of carbonyl (C=O) groups is 3. The van der Waals surface area contributed by atoms with Crippen LogP contribution in [0.1, 0.15) is 28.7 Å². The number of carboxylic acids is 1. The van der Waals surface area contributed by atoms with Crippen molar-refractivity contribution in [1.82, 2.24) is 4.98 Å². The van der Waals surface area contributed by atoms with Crippen LogP contribution in [-0.4, -0.2) is 34.5 Å². The maximum absolute atomic E-state index is 12.6. The molecular weight excluding hydrogens is 332 g/mol. The predicted octanol–water partition coefficient (Wildman–Crippen LogP) is 2.09. The fraction of sp³-hybridized carbons (Fsp3) is 0.500. The van der Waals surface area contributed by atoms with E-state index < -0.39 is 23.8 Å². The molecule has 7 nitrogen and oxygen atoms in total. The van der Waals surface area contributed by atoms with Crippen molar-refractivity contribution < 1.29 is 24.2 Å². The van der Waals surface area contributed by atoms with Crippen LogP contribution in [0.5, 0.6) is 0 Å². The third-order valence-electron chi connectivity index (χ3n) is 4.53. The predicted molar refractivity (Wildman–Crippen MR) is 86.8 cm³/mol. The zero-order valence-electron chi connectivity index (χ0n) is 13.3. The van der Waals surface area contributed by atoms with Crippen LogP contribution in [0.3, 0.4) is 0 Å². The van der Waals surface area contributed by atoms with Crippen molar-refractivity contribution in [2.45, 2.75) is 20.3 Å². The molecule has 0 radical (unpaired) electrons. The molecule has 2 bridgehead atoms. The maximum Gasteiger partial charge on any atom is 0.350 e. The second-order valence-electron chi connectivity index (χ2n) is 5.98. The number of allylic oxidation sites excluding steroid dienone is 2. The number of aryl methyl sites for hydroxylation is 1. The van der Waals surface area contributed by atoms with E-state index in [1.54, 1.807) is 13.8 Å². The molecule has 1 aromatic rings. The summed E-state index contributed by atoms with van der Waals surface area (Å²) in [6.45, 7) is 3.64. The van der Waals surface area contributed by atoms with Crippen LogP contribution in [0.15, 0.2) is 12.2 Å². The average molecular weight is 350 g/mol. The summed E-state index contributed by atoms with van der Waals surface area (Å²) >= 11 is 1.04. The number of amides is 1. The number of thiazole rings is 1. The van der Waals surface area contributed by atoms with Crippen molar-refractivity contribution in [1.29, 1.82) is 0 Å². The molecular formula is C16H18N2O5S. The molecule has 2 aliphatic rings. The molecule has 1 fully saturated rings. The van der Waals surface area contributed by atoms with E-state index in [1.165, 1.54) is 0 Å². The van der Waals surface area contributed by atoms with Crippen LogP contribution < -0.4 is 5.32 Å². The first-order chi connectivity index (χ1) is 11.4. The topological polar surface area (TPSA) is 106 Å². The molecule has 0 aliphatic heterocycles. The van der Waals surface area contributed by atoms with Gasteiger partial charge in [0.1, 0.15) is 4.88 Å². The van der Waals surface area contributed by atoms with Gasteiger partial charge in [0.2, 0.25) is 5.91 Å². The van der Waals surface area contributed by atoms with Crippen molar-refractivity contribution in [3.63, 3.8) is 0 Å². The van der Waals surface area contributed by atoms with Crippen molar-refractivity contribution in [2.24, 2.45) is 23.7 Å². The van der Waals surface area contributed by atoms with Gasteiger partial charge in [-0.15, -0.1) is 0 Å². The van der Waals surface area contributed by atoms with E-state index >= 15 is 0 Å². The van der Waals surface area contributed by atoms with Crippen LogP contribution in [-0.2, 0) is 14.3 Å². The molecule has 0 unspecified atom stereocenters. The van der Waals surface area contributed by atoms with Crippen LogP contribution >= 0.6 is 11.3 Å². The lowest BCUT2D eigenvalue weighted by atomic mass is 9.82. The van der Waals surface area contributed by atoms with E-state index in [2.05, 4.69) is 10.3 Å². The first-order valence-electron chi connectivity index (χ1n) is 7.79. The third kappa shape index (κ3) is 2.82. The number of aliphatic carboxylic acids is 1. The Bertz CT molecular complexity index is 726. The summed E-state index contributed by atoms with van der Waals surface area (Å²) in [5, 5.41) is 12.4. The molecule has 2 N–H and O–H groups in total. The quantitative estimate of drug-likeness (QED) is 0.622. The molecule has 2 aliphatic carbocycles. The van der Waals surface area contributed by atoms with Gasteiger partial charge >= 0.3 is 11.9 Å². The standard InChI is InChI=1S/C16H18N2O5S/c1-3-23-15(22)12-7(2)17-16(24-12)18-13(19)10-8-4-5-9(6-8)11(10)14(20)21/h4-5,8-11H,3,6H2,1-2H3,(H,20,21)(H,17,18,19)/t8-,9+,10+,11+/m1/s1. The first kappa shape index (κ1) is 16.6. The smallest absolute Gasteiger partial charge is 0.350 e. The number of nitrogens with zero attached hydrogens (tertiary/aromatic N) is 1. The molecule has 24 heavy (non-hydrogen) atoms. The lowest BCUT2D eigenvalue weighted by Crippen LogP contribution is -2.36. The van der Waals surface area contributed by atoms with Gasteiger partial charge < -0.3 is 15.2 Å². The lowest BCUT2D eigenvalue weighted by Gasteiger charge is -2.23. The normalized spacial score (nSPS) is 27.2. The Morgan fingerprint density at radius 1 is 1.33 bits per heavy atom. The number of nitrogens with one attached hydrogen (secondary N) is 1. The number of hydrogen-bond donors (Lipinski definition) is 2. The van der Waals surface area contributed by atoms with E-state index in [0.29, 0.717) is 17.0 Å². The number of carbonyl (C=O) groups excluding carboxylic acids is 2. The number of esters is 1. The molecule has 0 spiro atoms. The van der Waals surface area contributed by atoms with Gasteiger partial charge in [-0.05, 0) is 32.1 Å². The van der Waals surface area contributed by atoms with Crippen molar-refractivity contribution in [3.8, 4) is 0 Å². The van der Waals surface area contributed by atoms with Crippen molar-refractivity contribution >= 4 is 34.3 Å². The highest BCUT2D eigenvalue weighted by molar-refractivity contribution is 7.17. The second kappa shape index (κ2) is 6.35. The van der Waals surface area contributed by atoms with Crippen LogP contribution in [0, 0.1) is 30.6 Å². The van der Waals surface area contributed by atoms with Gasteiger partial charge in [-0.1, -0.05) is 23.5 Å². The Morgan fingerprint density at radius 3 is 2.62 bits per heavy atom. The fourth-order valence-corrected chi connectivity index (χ4v) is 4.40. The lowest BCUT2D eigenvalue weighted by molar-refractivity contribution is -0.146. The third-order valence-corrected chi connectivity index (χ3v) is 5.59. The van der Waals surface area contributed by atoms with E-state index in [1.807, 2.05) is 12.2 Å². The summed E-state index contributed by atoms with van der Waals surface area (Å²) < 4.78 is 4.95. The molecule has 1 aromatic heterocycles. The number of rotatable bonds is 5. The minimum atomic E-state index is -0.950. The number of anilines is 1. The van der Waals surface area contributed by atoms with Gasteiger partial charge in [0.05, 0.1) is 24.1 Å². The number of ether oxygens (including phenoxy) is 1. The minimum Gasteiger partial charge on any atom is -0.481 e. The SMILES string of the molecule is CCOC(=O)c1sc(NC(=O)[C@@H]2[C@@H](C(=O)O)[C@H]3C=C[C@@H]2C3)nc1C. The van der Waals surface area contributed by atoms with Gasteiger partial charge in [0.25, 0.3) is 0 Å². The van der Waals surface area contributed by atoms with E-state index in [-0.39, 0.29) is 29.5 Å². The largest absolute Gasteiger partial charge is 0.481 e. The Hall–Kier alpha value is -2.22. The Kier molecular flexibility index (Phi) is 4.40. The summed E-state index contributed by atoms with van der Waals surface area (Å²) in [7, 11) is 0. The van der Waals surface area contributed by atoms with Crippen molar-refractivity contribution in [3.05, 3.63) is 22.7 Å². The molecule has 0 saturated heterocycles. The average Bonchev–Trinajstić information content (AvgIpc) is 3.20. The Labute approximate surface area is 142 Å². The molecule has 1 heterocycles. The molecule has 4 atom stereocenters. The Balaban J connectivity index is 1.76.